The van der Waals surface area contributed by atoms with Crippen LogP contribution in [-0.4, -0.2) is 37.2 Å². The number of carbonyl (C=O) groups excluding carboxylic acids is 1. The first-order valence-corrected chi connectivity index (χ1v) is 10.1. The van der Waals surface area contributed by atoms with Crippen molar-refractivity contribution < 1.29 is 13.2 Å². The molecule has 2 aromatic carbocycles. The van der Waals surface area contributed by atoms with Crippen LogP contribution in [0, 0.1) is 0 Å². The summed E-state index contributed by atoms with van der Waals surface area (Å²) in [6, 6.07) is 14.0. The molecule has 140 valence electrons. The summed E-state index contributed by atoms with van der Waals surface area (Å²) in [6.45, 7) is 0.682. The molecule has 3 rings (SSSR count). The van der Waals surface area contributed by atoms with Crippen molar-refractivity contribution in [3.05, 3.63) is 78.4 Å². The number of hydrogen-bond acceptors (Lipinski definition) is 4. The Hall–Kier alpha value is -3.13. The summed E-state index contributed by atoms with van der Waals surface area (Å²) in [5.74, 6) is -0.261. The van der Waals surface area contributed by atoms with E-state index in [1.54, 1.807) is 48.9 Å². The van der Waals surface area contributed by atoms with Gasteiger partial charge in [0.25, 0.3) is 5.91 Å². The van der Waals surface area contributed by atoms with E-state index in [4.69, 9.17) is 0 Å². The third kappa shape index (κ3) is 4.73. The van der Waals surface area contributed by atoms with Gasteiger partial charge in [0.05, 0.1) is 18.3 Å². The fourth-order valence-corrected chi connectivity index (χ4v) is 3.02. The van der Waals surface area contributed by atoms with Crippen LogP contribution in [0.25, 0.3) is 0 Å². The third-order valence-electron chi connectivity index (χ3n) is 4.11. The van der Waals surface area contributed by atoms with Crippen molar-refractivity contribution in [2.75, 3.05) is 22.9 Å². The maximum absolute atomic E-state index is 12.5. The zero-order valence-electron chi connectivity index (χ0n) is 15.0. The number of aromatic nitrogens is 2. The van der Waals surface area contributed by atoms with E-state index in [0.29, 0.717) is 23.5 Å². The molecular formula is C19H20N4O3S. The van der Waals surface area contributed by atoms with E-state index in [-0.39, 0.29) is 5.91 Å². The molecule has 1 N–H and O–H groups in total. The summed E-state index contributed by atoms with van der Waals surface area (Å²) in [7, 11) is -1.90. The van der Waals surface area contributed by atoms with E-state index in [2.05, 4.69) is 10.3 Å². The van der Waals surface area contributed by atoms with E-state index >= 15 is 0 Å². The quantitative estimate of drug-likeness (QED) is 0.708. The van der Waals surface area contributed by atoms with Gasteiger partial charge >= 0.3 is 0 Å². The lowest BCUT2D eigenvalue weighted by Crippen LogP contribution is -2.24. The van der Waals surface area contributed by atoms with Crippen molar-refractivity contribution in [3.63, 3.8) is 0 Å². The van der Waals surface area contributed by atoms with Gasteiger partial charge in [0.2, 0.25) is 10.0 Å². The molecule has 0 spiro atoms. The average Bonchev–Trinajstić information content (AvgIpc) is 3.14. The van der Waals surface area contributed by atoms with E-state index < -0.39 is 10.0 Å². The molecule has 1 amide bonds. The van der Waals surface area contributed by atoms with E-state index in [9.17, 15) is 13.2 Å². The van der Waals surface area contributed by atoms with Crippen molar-refractivity contribution in [1.82, 2.24) is 9.55 Å². The lowest BCUT2D eigenvalue weighted by atomic mass is 10.1. The standard InChI is InChI=1S/C19H20N4O3S/c1-22(27(2,25)26)18-5-3-4-17(12-18)21-19(24)16-8-6-15(7-9-16)13-23-11-10-20-14-23/h3-12,14H,13H2,1-2H3,(H,21,24). The van der Waals surface area contributed by atoms with Gasteiger partial charge in [-0.05, 0) is 35.9 Å². The number of imidazole rings is 1. The first-order valence-electron chi connectivity index (χ1n) is 8.23. The van der Waals surface area contributed by atoms with Gasteiger partial charge in [-0.3, -0.25) is 9.10 Å². The first-order chi connectivity index (χ1) is 12.8. The van der Waals surface area contributed by atoms with Crippen LogP contribution in [0.1, 0.15) is 15.9 Å². The van der Waals surface area contributed by atoms with Gasteiger partial charge in [-0.1, -0.05) is 18.2 Å². The summed E-state index contributed by atoms with van der Waals surface area (Å²) in [6.07, 6.45) is 6.46. The Kier molecular flexibility index (Phi) is 5.27. The molecule has 1 aromatic heterocycles. The van der Waals surface area contributed by atoms with Crippen molar-refractivity contribution in [1.29, 1.82) is 0 Å². The van der Waals surface area contributed by atoms with Crippen LogP contribution >= 0.6 is 0 Å². The molecule has 0 aliphatic heterocycles. The molecule has 0 aliphatic carbocycles. The van der Waals surface area contributed by atoms with E-state index in [0.717, 1.165) is 16.1 Å². The molecule has 0 unspecified atom stereocenters. The van der Waals surface area contributed by atoms with Crippen LogP contribution in [0.4, 0.5) is 11.4 Å². The zero-order chi connectivity index (χ0) is 19.4. The molecule has 0 saturated carbocycles. The molecule has 0 atom stereocenters. The number of hydrogen-bond donors (Lipinski definition) is 1. The number of anilines is 2. The number of rotatable bonds is 6. The minimum absolute atomic E-state index is 0.261. The largest absolute Gasteiger partial charge is 0.333 e. The highest BCUT2D eigenvalue weighted by Crippen LogP contribution is 2.21. The number of nitrogens with one attached hydrogen (secondary N) is 1. The third-order valence-corrected chi connectivity index (χ3v) is 5.31. The number of benzene rings is 2. The van der Waals surface area contributed by atoms with Gasteiger partial charge in [0.1, 0.15) is 0 Å². The van der Waals surface area contributed by atoms with Gasteiger partial charge in [-0.25, -0.2) is 13.4 Å². The highest BCUT2D eigenvalue weighted by molar-refractivity contribution is 7.92. The Morgan fingerprint density at radius 2 is 1.93 bits per heavy atom. The normalized spacial score (nSPS) is 11.2. The summed E-state index contributed by atoms with van der Waals surface area (Å²) < 4.78 is 26.4. The topological polar surface area (TPSA) is 84.3 Å². The van der Waals surface area contributed by atoms with Crippen LogP contribution < -0.4 is 9.62 Å². The SMILES string of the molecule is CN(c1cccc(NC(=O)c2ccc(Cn3ccnc3)cc2)c1)S(C)(=O)=O. The number of sulfonamides is 1. The predicted molar refractivity (Wildman–Crippen MR) is 105 cm³/mol. The summed E-state index contributed by atoms with van der Waals surface area (Å²) in [4.78, 5) is 16.5. The van der Waals surface area contributed by atoms with Gasteiger partial charge in [-0.2, -0.15) is 0 Å². The molecule has 1 heterocycles. The van der Waals surface area contributed by atoms with Gasteiger partial charge in [-0.15, -0.1) is 0 Å². The van der Waals surface area contributed by atoms with Crippen molar-refractivity contribution in [2.24, 2.45) is 0 Å². The molecule has 7 nitrogen and oxygen atoms in total. The minimum atomic E-state index is -3.37. The highest BCUT2D eigenvalue weighted by atomic mass is 32.2. The average molecular weight is 384 g/mol. The number of nitrogens with zero attached hydrogens (tertiary/aromatic N) is 3. The summed E-state index contributed by atoms with van der Waals surface area (Å²) >= 11 is 0. The second kappa shape index (κ2) is 7.63. The van der Waals surface area contributed by atoms with Crippen LogP contribution in [0.5, 0.6) is 0 Å². The first kappa shape index (κ1) is 18.7. The van der Waals surface area contributed by atoms with E-state index in [1.165, 1.54) is 7.05 Å². The Labute approximate surface area is 158 Å². The molecular weight excluding hydrogens is 364 g/mol. The summed E-state index contributed by atoms with van der Waals surface area (Å²) in [5, 5.41) is 2.79. The molecule has 0 saturated heterocycles. The lowest BCUT2D eigenvalue weighted by molar-refractivity contribution is 0.102. The lowest BCUT2D eigenvalue weighted by Gasteiger charge is -2.17. The number of amides is 1. The van der Waals surface area contributed by atoms with Crippen LogP contribution in [0.3, 0.4) is 0 Å². The molecule has 8 heteroatoms. The van der Waals surface area contributed by atoms with Crippen molar-refractivity contribution in [3.8, 4) is 0 Å². The van der Waals surface area contributed by atoms with E-state index in [1.807, 2.05) is 22.9 Å². The maximum atomic E-state index is 12.5. The molecule has 27 heavy (non-hydrogen) atoms. The van der Waals surface area contributed by atoms with Gasteiger partial charge < -0.3 is 9.88 Å². The Morgan fingerprint density at radius 1 is 1.19 bits per heavy atom. The Morgan fingerprint density at radius 3 is 2.56 bits per heavy atom. The monoisotopic (exact) mass is 384 g/mol. The molecule has 0 radical (unpaired) electrons. The van der Waals surface area contributed by atoms with Crippen molar-refractivity contribution >= 4 is 27.3 Å². The number of carbonyl (C=O) groups is 1. The highest BCUT2D eigenvalue weighted by Gasteiger charge is 2.13. The zero-order valence-corrected chi connectivity index (χ0v) is 15.8. The fraction of sp³-hybridized carbons (Fsp3) is 0.158. The maximum Gasteiger partial charge on any atom is 0.255 e. The molecule has 0 bridgehead atoms. The summed E-state index contributed by atoms with van der Waals surface area (Å²) in [5.41, 5.74) is 2.58. The Bertz CT molecular complexity index is 1030. The van der Waals surface area contributed by atoms with Crippen LogP contribution in [0.2, 0.25) is 0 Å². The second-order valence-electron chi connectivity index (χ2n) is 6.17. The second-order valence-corrected chi connectivity index (χ2v) is 8.18. The fourth-order valence-electron chi connectivity index (χ4n) is 2.53. The van der Waals surface area contributed by atoms with Crippen LogP contribution in [0.15, 0.2) is 67.3 Å². The van der Waals surface area contributed by atoms with Crippen molar-refractivity contribution in [2.45, 2.75) is 6.54 Å². The van der Waals surface area contributed by atoms with Crippen LogP contribution in [-0.2, 0) is 16.6 Å². The molecule has 0 aliphatic rings. The molecule has 0 fully saturated rings. The smallest absolute Gasteiger partial charge is 0.255 e. The predicted octanol–water partition coefficient (Wildman–Crippen LogP) is 2.58. The molecule has 3 aromatic rings. The Balaban J connectivity index is 1.70. The van der Waals surface area contributed by atoms with Gasteiger partial charge in [0.15, 0.2) is 0 Å². The van der Waals surface area contributed by atoms with Gasteiger partial charge in [0, 0.05) is 37.2 Å². The minimum Gasteiger partial charge on any atom is -0.333 e.